The average Bonchev–Trinajstić information content (AvgIpc) is 2.90. The van der Waals surface area contributed by atoms with E-state index in [9.17, 15) is 0 Å². The minimum Gasteiger partial charge on any atom is -0.456 e. The van der Waals surface area contributed by atoms with Gasteiger partial charge >= 0.3 is 0 Å². The summed E-state index contributed by atoms with van der Waals surface area (Å²) in [4.78, 5) is 0. The van der Waals surface area contributed by atoms with Gasteiger partial charge in [0.1, 0.15) is 28.3 Å². The van der Waals surface area contributed by atoms with Crippen LogP contribution in [-0.4, -0.2) is 0 Å². The molecule has 162 valence electrons. The normalized spacial score (nSPS) is 16.9. The number of hydrogen-bond acceptors (Lipinski definition) is 3. The van der Waals surface area contributed by atoms with Gasteiger partial charge in [-0.1, -0.05) is 78.9 Å². The quantitative estimate of drug-likeness (QED) is 0.265. The van der Waals surface area contributed by atoms with Crippen molar-refractivity contribution in [1.29, 1.82) is 0 Å². The number of para-hydroxylation sites is 1. The van der Waals surface area contributed by atoms with Crippen molar-refractivity contribution in [3.8, 4) is 45.3 Å². The second-order valence-electron chi connectivity index (χ2n) is 8.48. The van der Waals surface area contributed by atoms with Gasteiger partial charge in [0.2, 0.25) is 0 Å². The molecule has 0 amide bonds. The Bertz CT molecular complexity index is 1620. The number of hydrogen-bond donors (Lipinski definition) is 0. The van der Waals surface area contributed by atoms with E-state index in [1.54, 1.807) is 0 Å². The summed E-state index contributed by atoms with van der Waals surface area (Å²) in [6, 6.07) is 37.7. The predicted octanol–water partition coefficient (Wildman–Crippen LogP) is 6.87. The summed E-state index contributed by atoms with van der Waals surface area (Å²) in [7, 11) is -3.26. The van der Waals surface area contributed by atoms with Crippen LogP contribution in [0.15, 0.2) is 115 Å². The van der Waals surface area contributed by atoms with Crippen molar-refractivity contribution < 1.29 is 14.0 Å². The fraction of sp³-hybridized carbons (Fsp3) is 0. The van der Waals surface area contributed by atoms with Gasteiger partial charge in [-0.25, -0.2) is 0 Å². The highest BCUT2D eigenvalue weighted by atomic mass is 31.2. The zero-order valence-electron chi connectivity index (χ0n) is 18.1. The van der Waals surface area contributed by atoms with Gasteiger partial charge in [-0.15, -0.1) is 0 Å². The van der Waals surface area contributed by atoms with Crippen LogP contribution >= 0.6 is 7.14 Å². The lowest BCUT2D eigenvalue weighted by Crippen LogP contribution is -2.35. The molecule has 0 fully saturated rings. The van der Waals surface area contributed by atoms with Crippen LogP contribution in [0.3, 0.4) is 0 Å². The molecule has 0 spiro atoms. The Morgan fingerprint density at radius 1 is 0.500 bits per heavy atom. The second-order valence-corrected chi connectivity index (χ2v) is 11.1. The van der Waals surface area contributed by atoms with Crippen LogP contribution in [0.4, 0.5) is 0 Å². The summed E-state index contributed by atoms with van der Waals surface area (Å²) in [6.07, 6.45) is 0. The molecule has 7 rings (SSSR count). The van der Waals surface area contributed by atoms with Crippen molar-refractivity contribution in [1.82, 2.24) is 0 Å². The smallest absolute Gasteiger partial charge is 0.185 e. The summed E-state index contributed by atoms with van der Waals surface area (Å²) < 4.78 is 28.1. The molecule has 0 saturated carbocycles. The first-order valence-electron chi connectivity index (χ1n) is 11.2. The van der Waals surface area contributed by atoms with E-state index in [0.29, 0.717) is 38.9 Å². The van der Waals surface area contributed by atoms with Gasteiger partial charge in [-0.3, -0.25) is 0 Å². The lowest BCUT2D eigenvalue weighted by molar-refractivity contribution is 0.463. The molecule has 1 atom stereocenters. The van der Waals surface area contributed by atoms with Crippen LogP contribution in [0.1, 0.15) is 0 Å². The van der Waals surface area contributed by atoms with Crippen LogP contribution in [-0.2, 0) is 4.57 Å². The van der Waals surface area contributed by atoms with Gasteiger partial charge < -0.3 is 14.0 Å². The molecule has 4 heteroatoms. The van der Waals surface area contributed by atoms with Crippen LogP contribution in [0.5, 0.6) is 23.0 Å². The number of fused-ring (bicyclic) bond motifs is 4. The van der Waals surface area contributed by atoms with Gasteiger partial charge in [0.05, 0.1) is 10.6 Å². The molecule has 0 aromatic heterocycles. The SMILES string of the molecule is O=P12c3ccccc3Oc3ccc(-c4ccccc4)c(c31)Oc1ccc(-c3ccccc3)cc12. The van der Waals surface area contributed by atoms with Crippen molar-refractivity contribution in [2.45, 2.75) is 0 Å². The number of benzene rings is 5. The highest BCUT2D eigenvalue weighted by Gasteiger charge is 2.47. The van der Waals surface area contributed by atoms with E-state index >= 15 is 4.57 Å². The third kappa shape index (κ3) is 2.68. The van der Waals surface area contributed by atoms with E-state index in [1.165, 1.54) is 0 Å². The zero-order chi connectivity index (χ0) is 22.7. The molecule has 0 bridgehead atoms. The molecule has 0 radical (unpaired) electrons. The van der Waals surface area contributed by atoms with Gasteiger partial charge in [0, 0.05) is 5.56 Å². The third-order valence-electron chi connectivity index (χ3n) is 6.54. The van der Waals surface area contributed by atoms with E-state index in [4.69, 9.17) is 9.47 Å². The van der Waals surface area contributed by atoms with E-state index < -0.39 is 7.14 Å². The number of ether oxygens (including phenoxy) is 2. The summed E-state index contributed by atoms with van der Waals surface area (Å²) in [5, 5.41) is 2.07. The Kier molecular flexibility index (Phi) is 4.12. The third-order valence-corrected chi connectivity index (χ3v) is 9.67. The Morgan fingerprint density at radius 3 is 1.94 bits per heavy atom. The standard InChI is InChI=1S/C30H19O3P/c31-34-27-14-8-7-13-24(27)32-26-18-16-23(21-11-5-2-6-12-21)29(30(26)34)33-25-17-15-22(19-28(25)34)20-9-3-1-4-10-20/h1-19H. The van der Waals surface area contributed by atoms with E-state index in [-0.39, 0.29) is 0 Å². The first-order chi connectivity index (χ1) is 16.7. The maximum Gasteiger partial charge on any atom is 0.185 e. The maximum absolute atomic E-state index is 15.3. The Hall–Kier alpha value is -4.07. The average molecular weight is 458 g/mol. The highest BCUT2D eigenvalue weighted by Crippen LogP contribution is 2.60. The summed E-state index contributed by atoms with van der Waals surface area (Å²) in [5.41, 5.74) is 3.99. The van der Waals surface area contributed by atoms with Crippen LogP contribution in [0.25, 0.3) is 22.3 Å². The molecule has 1 unspecified atom stereocenters. The lowest BCUT2D eigenvalue weighted by Gasteiger charge is -2.35. The Balaban J connectivity index is 1.55. The molecular formula is C30H19O3P. The van der Waals surface area contributed by atoms with Crippen molar-refractivity contribution in [2.24, 2.45) is 0 Å². The van der Waals surface area contributed by atoms with Crippen molar-refractivity contribution in [3.05, 3.63) is 115 Å². The minimum absolute atomic E-state index is 0.590. The fourth-order valence-electron chi connectivity index (χ4n) is 4.94. The van der Waals surface area contributed by atoms with E-state index in [2.05, 4.69) is 12.1 Å². The monoisotopic (exact) mass is 458 g/mol. The summed E-state index contributed by atoms with van der Waals surface area (Å²) in [6.45, 7) is 0. The summed E-state index contributed by atoms with van der Waals surface area (Å²) >= 11 is 0. The summed E-state index contributed by atoms with van der Waals surface area (Å²) in [5.74, 6) is 2.46. The van der Waals surface area contributed by atoms with E-state index in [0.717, 1.165) is 22.3 Å². The molecule has 34 heavy (non-hydrogen) atoms. The molecule has 2 aliphatic heterocycles. The Labute approximate surface area is 197 Å². The second kappa shape index (κ2) is 7.21. The van der Waals surface area contributed by atoms with Crippen molar-refractivity contribution in [3.63, 3.8) is 0 Å². The molecule has 5 aromatic rings. The van der Waals surface area contributed by atoms with Gasteiger partial charge in [0.25, 0.3) is 0 Å². The largest absolute Gasteiger partial charge is 0.456 e. The van der Waals surface area contributed by atoms with Crippen LogP contribution in [0.2, 0.25) is 0 Å². The van der Waals surface area contributed by atoms with Gasteiger partial charge in [-0.2, -0.15) is 0 Å². The minimum atomic E-state index is -3.26. The molecule has 0 N–H and O–H groups in total. The van der Waals surface area contributed by atoms with Crippen LogP contribution in [0, 0.1) is 0 Å². The predicted molar refractivity (Wildman–Crippen MR) is 137 cm³/mol. The first-order valence-corrected chi connectivity index (χ1v) is 12.9. The molecule has 2 heterocycles. The molecular weight excluding hydrogens is 439 g/mol. The topological polar surface area (TPSA) is 35.5 Å². The van der Waals surface area contributed by atoms with Crippen LogP contribution < -0.4 is 25.4 Å². The molecule has 3 nitrogen and oxygen atoms in total. The van der Waals surface area contributed by atoms with Crippen molar-refractivity contribution >= 4 is 23.1 Å². The highest BCUT2D eigenvalue weighted by molar-refractivity contribution is 7.86. The number of rotatable bonds is 2. The molecule has 0 saturated heterocycles. The van der Waals surface area contributed by atoms with Gasteiger partial charge in [-0.05, 0) is 53.1 Å². The molecule has 2 aliphatic rings. The first kappa shape index (κ1) is 19.4. The lowest BCUT2D eigenvalue weighted by atomic mass is 10.0. The maximum atomic E-state index is 15.3. The van der Waals surface area contributed by atoms with E-state index in [1.807, 2.05) is 103 Å². The zero-order valence-corrected chi connectivity index (χ0v) is 19.0. The van der Waals surface area contributed by atoms with Gasteiger partial charge in [0.15, 0.2) is 7.14 Å². The molecule has 0 aliphatic carbocycles. The fourth-order valence-corrected chi connectivity index (χ4v) is 8.05. The van der Waals surface area contributed by atoms with Crippen molar-refractivity contribution in [2.75, 3.05) is 0 Å². The molecule has 5 aromatic carbocycles. The Morgan fingerprint density at radius 2 is 1.15 bits per heavy atom.